The molecular formula is C12H13BrN2O2. The molecular weight excluding hydrogens is 284 g/mol. The Balaban J connectivity index is 2.60. The Kier molecular flexibility index (Phi) is 3.47. The van der Waals surface area contributed by atoms with Crippen LogP contribution >= 0.6 is 15.9 Å². The zero-order valence-electron chi connectivity index (χ0n) is 9.74. The topological polar surface area (TPSA) is 43.6 Å². The summed E-state index contributed by atoms with van der Waals surface area (Å²) in [6.07, 6.45) is 2.63. The first-order chi connectivity index (χ1) is 8.17. The molecule has 2 heterocycles. The summed E-state index contributed by atoms with van der Waals surface area (Å²) in [4.78, 5) is 16.1. The fraction of sp³-hybridized carbons (Fsp3) is 0.333. The van der Waals surface area contributed by atoms with Crippen LogP contribution in [0.25, 0.3) is 5.65 Å². The molecule has 90 valence electrons. The van der Waals surface area contributed by atoms with E-state index in [-0.39, 0.29) is 5.97 Å². The second kappa shape index (κ2) is 4.87. The van der Waals surface area contributed by atoms with Crippen LogP contribution in [0, 0.1) is 0 Å². The van der Waals surface area contributed by atoms with E-state index < -0.39 is 0 Å². The van der Waals surface area contributed by atoms with Crippen LogP contribution < -0.4 is 0 Å². The van der Waals surface area contributed by atoms with Gasteiger partial charge in [0.15, 0.2) is 5.69 Å². The zero-order valence-corrected chi connectivity index (χ0v) is 11.3. The predicted molar refractivity (Wildman–Crippen MR) is 68.2 cm³/mol. The van der Waals surface area contributed by atoms with Gasteiger partial charge in [0.25, 0.3) is 0 Å². The first-order valence-electron chi connectivity index (χ1n) is 5.51. The van der Waals surface area contributed by atoms with Gasteiger partial charge < -0.3 is 9.14 Å². The number of carbonyl (C=O) groups is 1. The number of hydrogen-bond acceptors (Lipinski definition) is 3. The molecule has 0 radical (unpaired) electrons. The van der Waals surface area contributed by atoms with Gasteiger partial charge in [0, 0.05) is 10.7 Å². The summed E-state index contributed by atoms with van der Waals surface area (Å²) >= 11 is 3.41. The van der Waals surface area contributed by atoms with Crippen molar-refractivity contribution in [3.63, 3.8) is 0 Å². The maximum absolute atomic E-state index is 11.8. The van der Waals surface area contributed by atoms with Gasteiger partial charge in [-0.15, -0.1) is 0 Å². The molecule has 17 heavy (non-hydrogen) atoms. The molecule has 0 N–H and O–H groups in total. The number of aryl methyl sites for hydroxylation is 1. The molecule has 0 fully saturated rings. The van der Waals surface area contributed by atoms with Crippen molar-refractivity contribution >= 4 is 27.5 Å². The Labute approximate surface area is 108 Å². The number of hydrogen-bond donors (Lipinski definition) is 0. The van der Waals surface area contributed by atoms with Crippen LogP contribution in [0.15, 0.2) is 22.8 Å². The molecule has 4 nitrogen and oxygen atoms in total. The highest BCUT2D eigenvalue weighted by Crippen LogP contribution is 2.18. The highest BCUT2D eigenvalue weighted by atomic mass is 79.9. The van der Waals surface area contributed by atoms with Crippen molar-refractivity contribution in [3.05, 3.63) is 34.2 Å². The first kappa shape index (κ1) is 12.1. The summed E-state index contributed by atoms with van der Waals surface area (Å²) in [7, 11) is 0. The molecule has 0 unspecified atom stereocenters. The summed E-state index contributed by atoms with van der Waals surface area (Å²) in [5.74, 6) is -0.357. The van der Waals surface area contributed by atoms with Crippen LogP contribution in [0.3, 0.4) is 0 Å². The molecule has 5 heteroatoms. The fourth-order valence-electron chi connectivity index (χ4n) is 1.77. The Bertz CT molecular complexity index is 563. The van der Waals surface area contributed by atoms with Crippen LogP contribution in [0.4, 0.5) is 0 Å². The quantitative estimate of drug-likeness (QED) is 0.818. The standard InChI is InChI=1S/C12H13BrN2O2/c1-3-9-11(12(16)17-4-2)14-10-6-5-8(13)7-15(9)10/h5-7H,3-4H2,1-2H3. The van der Waals surface area contributed by atoms with Crippen molar-refractivity contribution in [1.29, 1.82) is 0 Å². The third kappa shape index (κ3) is 2.20. The number of imidazole rings is 1. The second-order valence-electron chi connectivity index (χ2n) is 3.56. The van der Waals surface area contributed by atoms with Gasteiger partial charge >= 0.3 is 5.97 Å². The van der Waals surface area contributed by atoms with E-state index in [0.29, 0.717) is 12.3 Å². The molecule has 0 bridgehead atoms. The smallest absolute Gasteiger partial charge is 0.358 e. The molecule has 0 saturated carbocycles. The van der Waals surface area contributed by atoms with Gasteiger partial charge in [0.1, 0.15) is 5.65 Å². The fourth-order valence-corrected chi connectivity index (χ4v) is 2.11. The van der Waals surface area contributed by atoms with E-state index in [1.807, 2.05) is 29.7 Å². The first-order valence-corrected chi connectivity index (χ1v) is 6.30. The number of fused-ring (bicyclic) bond motifs is 1. The Morgan fingerprint density at radius 3 is 2.88 bits per heavy atom. The molecule has 2 rings (SSSR count). The summed E-state index contributed by atoms with van der Waals surface area (Å²) in [5.41, 5.74) is 2.04. The number of ether oxygens (including phenoxy) is 1. The summed E-state index contributed by atoms with van der Waals surface area (Å²) in [6, 6.07) is 3.77. The van der Waals surface area contributed by atoms with Crippen molar-refractivity contribution in [2.75, 3.05) is 6.61 Å². The minimum atomic E-state index is -0.357. The van der Waals surface area contributed by atoms with E-state index in [1.54, 1.807) is 6.92 Å². The van der Waals surface area contributed by atoms with Crippen LogP contribution in [-0.4, -0.2) is 22.0 Å². The summed E-state index contributed by atoms with van der Waals surface area (Å²) in [5, 5.41) is 0. The van der Waals surface area contributed by atoms with Crippen molar-refractivity contribution in [3.8, 4) is 0 Å². The van der Waals surface area contributed by atoms with Crippen molar-refractivity contribution < 1.29 is 9.53 Å². The van der Waals surface area contributed by atoms with Gasteiger partial charge in [-0.2, -0.15) is 0 Å². The van der Waals surface area contributed by atoms with Crippen LogP contribution in [0.1, 0.15) is 30.0 Å². The van der Waals surface area contributed by atoms with Gasteiger partial charge in [0.05, 0.1) is 12.3 Å². The van der Waals surface area contributed by atoms with E-state index >= 15 is 0 Å². The number of pyridine rings is 1. The number of esters is 1. The monoisotopic (exact) mass is 296 g/mol. The molecule has 0 aliphatic heterocycles. The van der Waals surface area contributed by atoms with Gasteiger partial charge in [-0.3, -0.25) is 0 Å². The van der Waals surface area contributed by atoms with Crippen LogP contribution in [0.5, 0.6) is 0 Å². The molecule has 0 atom stereocenters. The average molecular weight is 297 g/mol. The zero-order chi connectivity index (χ0) is 12.4. The van der Waals surface area contributed by atoms with Gasteiger partial charge in [0.2, 0.25) is 0 Å². The summed E-state index contributed by atoms with van der Waals surface area (Å²) < 4.78 is 7.87. The number of carbonyl (C=O) groups excluding carboxylic acids is 1. The summed E-state index contributed by atoms with van der Waals surface area (Å²) in [6.45, 7) is 4.14. The molecule has 0 amide bonds. The van der Waals surface area contributed by atoms with E-state index in [4.69, 9.17) is 4.74 Å². The van der Waals surface area contributed by atoms with Gasteiger partial charge in [-0.25, -0.2) is 9.78 Å². The minimum Gasteiger partial charge on any atom is -0.461 e. The predicted octanol–water partition coefficient (Wildman–Crippen LogP) is 2.84. The molecule has 0 aromatic carbocycles. The molecule has 0 spiro atoms. The lowest BCUT2D eigenvalue weighted by molar-refractivity contribution is 0.0519. The van der Waals surface area contributed by atoms with E-state index in [9.17, 15) is 4.79 Å². The molecule has 2 aromatic rings. The van der Waals surface area contributed by atoms with Crippen molar-refractivity contribution in [2.24, 2.45) is 0 Å². The largest absolute Gasteiger partial charge is 0.461 e. The third-order valence-corrected chi connectivity index (χ3v) is 2.95. The van der Waals surface area contributed by atoms with Crippen LogP contribution in [-0.2, 0) is 11.2 Å². The van der Waals surface area contributed by atoms with E-state index in [1.165, 1.54) is 0 Å². The van der Waals surface area contributed by atoms with Gasteiger partial charge in [-0.1, -0.05) is 6.92 Å². The van der Waals surface area contributed by atoms with Crippen LogP contribution in [0.2, 0.25) is 0 Å². The molecule has 0 aliphatic rings. The number of halogens is 1. The lowest BCUT2D eigenvalue weighted by atomic mass is 10.2. The molecule has 2 aromatic heterocycles. The minimum absolute atomic E-state index is 0.357. The maximum Gasteiger partial charge on any atom is 0.358 e. The molecule has 0 saturated heterocycles. The number of aromatic nitrogens is 2. The van der Waals surface area contributed by atoms with Gasteiger partial charge in [-0.05, 0) is 41.4 Å². The second-order valence-corrected chi connectivity index (χ2v) is 4.47. The van der Waals surface area contributed by atoms with Crippen molar-refractivity contribution in [1.82, 2.24) is 9.38 Å². The Morgan fingerprint density at radius 2 is 2.24 bits per heavy atom. The normalized spacial score (nSPS) is 10.8. The molecule has 0 aliphatic carbocycles. The number of nitrogens with zero attached hydrogens (tertiary/aromatic N) is 2. The van der Waals surface area contributed by atoms with E-state index in [2.05, 4.69) is 20.9 Å². The number of rotatable bonds is 3. The SMILES string of the molecule is CCOC(=O)c1nc2ccc(Br)cn2c1CC. The Hall–Kier alpha value is -1.36. The highest BCUT2D eigenvalue weighted by molar-refractivity contribution is 9.10. The van der Waals surface area contributed by atoms with Crippen molar-refractivity contribution in [2.45, 2.75) is 20.3 Å². The third-order valence-electron chi connectivity index (χ3n) is 2.49. The maximum atomic E-state index is 11.8. The Morgan fingerprint density at radius 1 is 1.47 bits per heavy atom. The lowest BCUT2D eigenvalue weighted by Gasteiger charge is -2.02. The van der Waals surface area contributed by atoms with E-state index in [0.717, 1.165) is 22.2 Å². The highest BCUT2D eigenvalue weighted by Gasteiger charge is 2.18. The lowest BCUT2D eigenvalue weighted by Crippen LogP contribution is -2.08. The average Bonchev–Trinajstić information content (AvgIpc) is 2.67.